The number of benzene rings is 1. The lowest BCUT2D eigenvalue weighted by atomic mass is 10.2. The molecule has 0 fully saturated rings. The second-order valence-corrected chi connectivity index (χ2v) is 6.33. The molecule has 19 heavy (non-hydrogen) atoms. The van der Waals surface area contributed by atoms with Crippen molar-refractivity contribution in [3.05, 3.63) is 28.8 Å². The minimum Gasteiger partial charge on any atom is -0.478 e. The summed E-state index contributed by atoms with van der Waals surface area (Å²) >= 11 is 5.70. The first kappa shape index (κ1) is 15.5. The molecule has 1 unspecified atom stereocenters. The lowest BCUT2D eigenvalue weighted by Crippen LogP contribution is -2.35. The molecule has 0 aromatic heterocycles. The number of carbonyl (C=O) groups excluding carboxylic acids is 1. The van der Waals surface area contributed by atoms with Crippen molar-refractivity contribution in [2.45, 2.75) is 23.5 Å². The predicted octanol–water partition coefficient (Wildman–Crippen LogP) is 1.08. The Morgan fingerprint density at radius 3 is 2.37 bits per heavy atom. The Balaban J connectivity index is 3.34. The van der Waals surface area contributed by atoms with Crippen molar-refractivity contribution >= 4 is 33.3 Å². The van der Waals surface area contributed by atoms with Gasteiger partial charge in [0.15, 0.2) is 9.84 Å². The summed E-state index contributed by atoms with van der Waals surface area (Å²) in [6.45, 7) is 1.51. The van der Waals surface area contributed by atoms with Gasteiger partial charge >= 0.3 is 5.97 Å². The zero-order valence-corrected chi connectivity index (χ0v) is 11.5. The SMILES string of the molecule is CCC(C(N)=O)S(=O)(=O)c1ccc(C(=O)O)c(Cl)c1. The molecule has 0 heterocycles. The molecule has 6 nitrogen and oxygen atoms in total. The first-order valence-electron chi connectivity index (χ1n) is 5.27. The van der Waals surface area contributed by atoms with Gasteiger partial charge in [0.2, 0.25) is 5.91 Å². The zero-order chi connectivity index (χ0) is 14.8. The van der Waals surface area contributed by atoms with E-state index in [1.807, 2.05) is 0 Å². The number of hydrogen-bond donors (Lipinski definition) is 2. The fourth-order valence-electron chi connectivity index (χ4n) is 1.58. The molecule has 1 aromatic carbocycles. The van der Waals surface area contributed by atoms with Crippen LogP contribution in [-0.4, -0.2) is 30.7 Å². The van der Waals surface area contributed by atoms with E-state index in [1.165, 1.54) is 6.92 Å². The highest BCUT2D eigenvalue weighted by molar-refractivity contribution is 7.92. The zero-order valence-electron chi connectivity index (χ0n) is 9.96. The van der Waals surface area contributed by atoms with Crippen LogP contribution in [0.5, 0.6) is 0 Å². The lowest BCUT2D eigenvalue weighted by molar-refractivity contribution is -0.117. The number of carboxylic acids is 1. The molecule has 3 N–H and O–H groups in total. The summed E-state index contributed by atoms with van der Waals surface area (Å²) < 4.78 is 24.3. The van der Waals surface area contributed by atoms with E-state index in [-0.39, 0.29) is 21.9 Å². The third kappa shape index (κ3) is 3.05. The molecule has 0 radical (unpaired) electrons. The van der Waals surface area contributed by atoms with E-state index in [1.54, 1.807) is 0 Å². The van der Waals surface area contributed by atoms with Crippen molar-refractivity contribution in [3.63, 3.8) is 0 Å². The van der Waals surface area contributed by atoms with Crippen LogP contribution < -0.4 is 5.73 Å². The quantitative estimate of drug-likeness (QED) is 0.844. The maximum atomic E-state index is 12.1. The maximum Gasteiger partial charge on any atom is 0.337 e. The number of amides is 1. The van der Waals surface area contributed by atoms with E-state index in [0.29, 0.717) is 0 Å². The van der Waals surface area contributed by atoms with Crippen molar-refractivity contribution < 1.29 is 23.1 Å². The second-order valence-electron chi connectivity index (χ2n) is 3.79. The first-order chi connectivity index (χ1) is 8.71. The van der Waals surface area contributed by atoms with Crippen LogP contribution in [-0.2, 0) is 14.6 Å². The van der Waals surface area contributed by atoms with Crippen LogP contribution in [0.3, 0.4) is 0 Å². The summed E-state index contributed by atoms with van der Waals surface area (Å²) in [5.74, 6) is -2.23. The van der Waals surface area contributed by atoms with Gasteiger partial charge in [0.25, 0.3) is 0 Å². The molecule has 1 aromatic rings. The van der Waals surface area contributed by atoms with Gasteiger partial charge in [-0.15, -0.1) is 0 Å². The largest absolute Gasteiger partial charge is 0.478 e. The molecule has 1 atom stereocenters. The van der Waals surface area contributed by atoms with Gasteiger partial charge in [0, 0.05) is 0 Å². The Morgan fingerprint density at radius 1 is 1.42 bits per heavy atom. The fraction of sp³-hybridized carbons (Fsp3) is 0.273. The highest BCUT2D eigenvalue weighted by Crippen LogP contribution is 2.24. The van der Waals surface area contributed by atoms with Crippen LogP contribution in [0.1, 0.15) is 23.7 Å². The molecule has 0 aliphatic heterocycles. The van der Waals surface area contributed by atoms with E-state index in [0.717, 1.165) is 18.2 Å². The minimum atomic E-state index is -3.97. The van der Waals surface area contributed by atoms with E-state index in [9.17, 15) is 18.0 Å². The Labute approximate surface area is 115 Å². The average molecular weight is 306 g/mol. The number of carboxylic acid groups (broad SMARTS) is 1. The summed E-state index contributed by atoms with van der Waals surface area (Å²) in [6.07, 6.45) is 0.0238. The number of sulfone groups is 1. The molecule has 0 spiro atoms. The molecule has 0 saturated carbocycles. The predicted molar refractivity (Wildman–Crippen MR) is 68.9 cm³/mol. The number of aromatic carboxylic acids is 1. The number of halogens is 1. The van der Waals surface area contributed by atoms with Crippen LogP contribution in [0.25, 0.3) is 0 Å². The van der Waals surface area contributed by atoms with Gasteiger partial charge in [-0.05, 0) is 24.6 Å². The van der Waals surface area contributed by atoms with Crippen molar-refractivity contribution in [2.75, 3.05) is 0 Å². The Kier molecular flexibility index (Phi) is 4.54. The second kappa shape index (κ2) is 5.58. The van der Waals surface area contributed by atoms with Crippen LogP contribution in [0.4, 0.5) is 0 Å². The molecule has 0 saturated heterocycles. The monoisotopic (exact) mass is 305 g/mol. The van der Waals surface area contributed by atoms with E-state index in [2.05, 4.69) is 0 Å². The molecule has 1 rings (SSSR count). The van der Waals surface area contributed by atoms with E-state index < -0.39 is 27.0 Å². The topological polar surface area (TPSA) is 115 Å². The van der Waals surface area contributed by atoms with Crippen molar-refractivity contribution in [1.29, 1.82) is 0 Å². The third-order valence-corrected chi connectivity index (χ3v) is 5.10. The average Bonchev–Trinajstić information content (AvgIpc) is 2.28. The van der Waals surface area contributed by atoms with Crippen LogP contribution >= 0.6 is 11.6 Å². The summed E-state index contributed by atoms with van der Waals surface area (Å²) in [7, 11) is -3.97. The molecule has 104 valence electrons. The number of hydrogen-bond acceptors (Lipinski definition) is 4. The van der Waals surface area contributed by atoms with Gasteiger partial charge in [-0.3, -0.25) is 4.79 Å². The smallest absolute Gasteiger partial charge is 0.337 e. The fourth-order valence-corrected chi connectivity index (χ4v) is 3.52. The molecule has 8 heteroatoms. The summed E-state index contributed by atoms with van der Waals surface area (Å²) in [5, 5.41) is 7.22. The normalized spacial score (nSPS) is 12.9. The van der Waals surface area contributed by atoms with Gasteiger partial charge in [0.05, 0.1) is 15.5 Å². The van der Waals surface area contributed by atoms with Crippen LogP contribution in [0.2, 0.25) is 5.02 Å². The summed E-state index contributed by atoms with van der Waals surface area (Å²) in [4.78, 5) is 21.7. The van der Waals surface area contributed by atoms with Crippen LogP contribution in [0.15, 0.2) is 23.1 Å². The molecule has 0 aliphatic carbocycles. The Hall–Kier alpha value is -1.60. The summed E-state index contributed by atoms with van der Waals surface area (Å²) in [6, 6.07) is 3.17. The molecular weight excluding hydrogens is 294 g/mol. The van der Waals surface area contributed by atoms with Gasteiger partial charge in [-0.2, -0.15) is 0 Å². The number of primary amides is 1. The van der Waals surface area contributed by atoms with Crippen molar-refractivity contribution in [2.24, 2.45) is 5.73 Å². The Bertz CT molecular complexity index is 626. The van der Waals surface area contributed by atoms with E-state index >= 15 is 0 Å². The highest BCUT2D eigenvalue weighted by Gasteiger charge is 2.31. The third-order valence-electron chi connectivity index (χ3n) is 2.56. The maximum absolute atomic E-state index is 12.1. The number of nitrogens with two attached hydrogens (primary N) is 1. The van der Waals surface area contributed by atoms with Crippen molar-refractivity contribution in [1.82, 2.24) is 0 Å². The Morgan fingerprint density at radius 2 is 2.00 bits per heavy atom. The van der Waals surface area contributed by atoms with Gasteiger partial charge in [0.1, 0.15) is 5.25 Å². The van der Waals surface area contributed by atoms with Crippen molar-refractivity contribution in [3.8, 4) is 0 Å². The standard InChI is InChI=1S/C11H12ClNO5S/c1-2-9(10(13)14)19(17,18)6-3-4-7(11(15)16)8(12)5-6/h3-5,9H,2H2,1H3,(H2,13,14)(H,15,16). The van der Waals surface area contributed by atoms with E-state index in [4.69, 9.17) is 22.4 Å². The molecule has 0 aliphatic rings. The number of carbonyl (C=O) groups is 2. The highest BCUT2D eigenvalue weighted by atomic mass is 35.5. The van der Waals surface area contributed by atoms with Gasteiger partial charge in [-0.1, -0.05) is 18.5 Å². The number of rotatable bonds is 5. The molecule has 0 bridgehead atoms. The minimum absolute atomic E-state index is 0.0238. The van der Waals surface area contributed by atoms with Gasteiger partial charge < -0.3 is 10.8 Å². The first-order valence-corrected chi connectivity index (χ1v) is 7.20. The van der Waals surface area contributed by atoms with Gasteiger partial charge in [-0.25, -0.2) is 13.2 Å². The summed E-state index contributed by atoms with van der Waals surface area (Å²) in [5.41, 5.74) is 4.83. The van der Waals surface area contributed by atoms with Crippen LogP contribution in [0, 0.1) is 0 Å². The lowest BCUT2D eigenvalue weighted by Gasteiger charge is -2.13. The molecular formula is C11H12ClNO5S. The molecule has 1 amide bonds.